The molecule has 4 aromatic rings. The van der Waals surface area contributed by atoms with Crippen molar-refractivity contribution in [2.75, 3.05) is 33.4 Å². The van der Waals surface area contributed by atoms with E-state index in [4.69, 9.17) is 14.2 Å². The lowest BCUT2D eigenvalue weighted by molar-refractivity contribution is -0.249. The van der Waals surface area contributed by atoms with Crippen molar-refractivity contribution in [2.24, 2.45) is 11.8 Å². The lowest BCUT2D eigenvalue weighted by Crippen LogP contribution is -2.60. The fourth-order valence-corrected chi connectivity index (χ4v) is 12.2. The third kappa shape index (κ3) is 15.2. The number of carbonyl (C=O) groups excluding carboxylic acids is 10. The maximum atomic E-state index is 14.9. The Morgan fingerprint density at radius 2 is 1.41 bits per heavy atom. The van der Waals surface area contributed by atoms with Gasteiger partial charge in [0.15, 0.2) is 17.9 Å². The molecule has 25 nitrogen and oxygen atoms in total. The first-order valence-electron chi connectivity index (χ1n) is 30.1. The quantitative estimate of drug-likeness (QED) is 0.0393. The molecule has 0 unspecified atom stereocenters. The molecule has 4 aliphatic rings. The fourth-order valence-electron chi connectivity index (χ4n) is 12.2. The Kier molecular flexibility index (Phi) is 21.6. The van der Waals surface area contributed by atoms with Crippen molar-refractivity contribution in [1.29, 1.82) is 0 Å². The number of aromatic hydroxyl groups is 2. The molecule has 0 spiro atoms. The van der Waals surface area contributed by atoms with E-state index in [1.807, 2.05) is 70.2 Å². The van der Waals surface area contributed by atoms with Gasteiger partial charge >= 0.3 is 0 Å². The number of aliphatic hydroxyl groups excluding tert-OH is 2. The number of nitrogens with one attached hydrogen (secondary N) is 6. The third-order valence-corrected chi connectivity index (χ3v) is 16.7. The molecule has 0 aromatic heterocycles. The summed E-state index contributed by atoms with van der Waals surface area (Å²) >= 11 is 0. The molecule has 10 atom stereocenters. The van der Waals surface area contributed by atoms with Crippen molar-refractivity contribution in [1.82, 2.24) is 36.8 Å². The van der Waals surface area contributed by atoms with Crippen LogP contribution in [0.1, 0.15) is 135 Å². The number of Topliss-reactive ketones (excluding diaryl/α,β-unsaturated/α-hetero) is 1. The SMILES string of the molecule is COc1cccc2c1C(=O)c1c(O)c3c(c(O)c1C2=O)C[C@@](O)(C(=O)CO)C[C@@H]3O[C@H]1C[C@H](NC(=O)[C@H](Cc2ccc(-c3ccccc3)cc2)NC(=O)[C@H](CC(C)C)NC(=O)CNC(=O)[C@H](CC(C)C)NC(=O)[C@@H]2CCCN2C(=O)CNC(C)=O)[C@H](O)[C@H](C)O1. The number of ether oxygens (including phenoxy) is 3. The van der Waals surface area contributed by atoms with Crippen molar-refractivity contribution in [2.45, 2.75) is 153 Å². The number of carbonyl (C=O) groups is 10. The van der Waals surface area contributed by atoms with E-state index >= 15 is 0 Å². The first-order chi connectivity index (χ1) is 42.7. The van der Waals surface area contributed by atoms with Crippen LogP contribution in [0, 0.1) is 11.8 Å². The van der Waals surface area contributed by atoms with Gasteiger partial charge in [-0.15, -0.1) is 0 Å². The molecule has 0 bridgehead atoms. The second-order valence-electron chi connectivity index (χ2n) is 24.3. The highest BCUT2D eigenvalue weighted by Crippen LogP contribution is 2.52. The second kappa shape index (κ2) is 28.9. The summed E-state index contributed by atoms with van der Waals surface area (Å²) in [6.07, 6.45) is -6.43. The van der Waals surface area contributed by atoms with Gasteiger partial charge in [0.05, 0.1) is 55.1 Å². The van der Waals surface area contributed by atoms with Gasteiger partial charge in [0.2, 0.25) is 47.1 Å². The minimum absolute atomic E-state index is 0.00640. The number of methoxy groups -OCH3 is 1. The Bertz CT molecular complexity index is 3410. The van der Waals surface area contributed by atoms with Crippen LogP contribution in [0.2, 0.25) is 0 Å². The summed E-state index contributed by atoms with van der Waals surface area (Å²) in [6.45, 7) is 8.23. The topological polar surface area (TPSA) is 375 Å². The number of ketones is 3. The molecule has 11 N–H and O–H groups in total. The Labute approximate surface area is 520 Å². The molecule has 8 rings (SSSR count). The summed E-state index contributed by atoms with van der Waals surface area (Å²) in [5.74, 6) is -9.28. The largest absolute Gasteiger partial charge is 0.507 e. The molecule has 2 aliphatic carbocycles. The number of hydrogen-bond acceptors (Lipinski definition) is 18. The summed E-state index contributed by atoms with van der Waals surface area (Å²) in [6, 6.07) is 15.1. The number of aliphatic hydroxyl groups is 3. The molecular formula is C65H79N7O18. The number of nitrogens with zero attached hydrogens (tertiary/aromatic N) is 1. The van der Waals surface area contributed by atoms with Gasteiger partial charge in [-0.25, -0.2) is 0 Å². The molecule has 2 heterocycles. The first kappa shape index (κ1) is 67.3. The van der Waals surface area contributed by atoms with Crippen LogP contribution in [0.25, 0.3) is 11.1 Å². The summed E-state index contributed by atoms with van der Waals surface area (Å²) < 4.78 is 17.9. The molecule has 482 valence electrons. The van der Waals surface area contributed by atoms with Crippen molar-refractivity contribution in [3.8, 4) is 28.4 Å². The standard InChI is InChI=1S/C65H79N7O18/c1-32(2)23-42(71-64(86)45-16-12-22-72(45)50(77)30-66-35(6)74)61(83)67-29-49(76)68-43(24-33(3)4)62(84)70-44(25-36-18-20-38(21-19-36)37-13-9-8-10-14-37)63(85)69-41-26-51(89-34(5)56(41)78)90-47-28-65(87,48(75)31-73)27-40-53(47)60(82)55-54(58(40)80)57(79)39-15-11-17-46(88-7)52(39)59(55)81/h8-11,13-15,17-21,32-34,41-45,47,51,56,73,78,80,82,87H,12,16,22-31H2,1-7H3,(H,66,74)(H,67,83)(H,68,76)(H,69,85)(H,70,84)(H,71,86)/t34-,41-,42-,43-,44-,45-,47-,51-,56+,65-/m0/s1. The van der Waals surface area contributed by atoms with E-state index in [0.717, 1.165) is 11.1 Å². The maximum Gasteiger partial charge on any atom is 0.243 e. The van der Waals surface area contributed by atoms with Gasteiger partial charge in [0.1, 0.15) is 59.7 Å². The molecule has 0 saturated carbocycles. The molecule has 25 heteroatoms. The van der Waals surface area contributed by atoms with Crippen molar-refractivity contribution in [3.05, 3.63) is 112 Å². The van der Waals surface area contributed by atoms with Gasteiger partial charge in [-0.05, 0) is 67.2 Å². The van der Waals surface area contributed by atoms with Crippen molar-refractivity contribution >= 4 is 58.7 Å². The van der Waals surface area contributed by atoms with E-state index in [-0.39, 0.29) is 78.6 Å². The molecule has 4 aromatic carbocycles. The van der Waals surface area contributed by atoms with E-state index in [9.17, 15) is 73.5 Å². The van der Waals surface area contributed by atoms with Crippen LogP contribution in [0.15, 0.2) is 72.8 Å². The number of benzene rings is 4. The zero-order valence-corrected chi connectivity index (χ0v) is 51.3. The number of fused-ring (bicyclic) bond motifs is 3. The number of hydrogen-bond donors (Lipinski definition) is 11. The van der Waals surface area contributed by atoms with Gasteiger partial charge < -0.3 is 76.5 Å². The van der Waals surface area contributed by atoms with Crippen LogP contribution < -0.4 is 36.6 Å². The summed E-state index contributed by atoms with van der Waals surface area (Å²) in [5.41, 5.74) is -2.23. The van der Waals surface area contributed by atoms with Gasteiger partial charge in [0.25, 0.3) is 0 Å². The highest BCUT2D eigenvalue weighted by molar-refractivity contribution is 6.31. The first-order valence-corrected chi connectivity index (χ1v) is 30.1. The van der Waals surface area contributed by atoms with E-state index < -0.39 is 168 Å². The van der Waals surface area contributed by atoms with Crippen LogP contribution in [0.5, 0.6) is 17.2 Å². The van der Waals surface area contributed by atoms with E-state index in [2.05, 4.69) is 31.9 Å². The molecule has 2 saturated heterocycles. The van der Waals surface area contributed by atoms with E-state index in [1.54, 1.807) is 12.1 Å². The molecule has 2 fully saturated rings. The molecule has 90 heavy (non-hydrogen) atoms. The summed E-state index contributed by atoms with van der Waals surface area (Å²) in [4.78, 5) is 138. The predicted molar refractivity (Wildman–Crippen MR) is 322 cm³/mol. The Morgan fingerprint density at radius 3 is 2.06 bits per heavy atom. The maximum absolute atomic E-state index is 14.9. The summed E-state index contributed by atoms with van der Waals surface area (Å²) in [7, 11) is 1.28. The van der Waals surface area contributed by atoms with Crippen LogP contribution in [0.3, 0.4) is 0 Å². The van der Waals surface area contributed by atoms with Crippen LogP contribution in [-0.2, 0) is 60.7 Å². The van der Waals surface area contributed by atoms with Gasteiger partial charge in [-0.3, -0.25) is 47.9 Å². The van der Waals surface area contributed by atoms with Crippen LogP contribution in [-0.4, -0.2) is 177 Å². The molecule has 2 aliphatic heterocycles. The average Bonchev–Trinajstić information content (AvgIpc) is 1.07. The monoisotopic (exact) mass is 1250 g/mol. The Balaban J connectivity index is 1.01. The fraction of sp³-hybridized carbons (Fsp3) is 0.477. The van der Waals surface area contributed by atoms with Crippen LogP contribution in [0.4, 0.5) is 0 Å². The van der Waals surface area contributed by atoms with Crippen molar-refractivity contribution < 1.29 is 87.7 Å². The minimum atomic E-state index is -2.47. The number of likely N-dealkylation sites (tertiary alicyclic amines) is 1. The predicted octanol–water partition coefficient (Wildman–Crippen LogP) is 1.86. The summed E-state index contributed by atoms with van der Waals surface area (Å²) in [5, 5.41) is 73.6. The normalized spacial score (nSPS) is 22.0. The smallest absolute Gasteiger partial charge is 0.243 e. The lowest BCUT2D eigenvalue weighted by atomic mass is 9.72. The van der Waals surface area contributed by atoms with Crippen LogP contribution >= 0.6 is 0 Å². The van der Waals surface area contributed by atoms with Gasteiger partial charge in [0, 0.05) is 55.8 Å². The molecular weight excluding hydrogens is 1170 g/mol. The number of phenols is 2. The molecule has 0 radical (unpaired) electrons. The number of rotatable bonds is 24. The van der Waals surface area contributed by atoms with E-state index in [0.29, 0.717) is 18.4 Å². The Hall–Kier alpha value is -8.62. The Morgan fingerprint density at radius 1 is 0.756 bits per heavy atom. The van der Waals surface area contributed by atoms with Gasteiger partial charge in [-0.2, -0.15) is 0 Å². The zero-order chi connectivity index (χ0) is 65.5. The minimum Gasteiger partial charge on any atom is -0.507 e. The van der Waals surface area contributed by atoms with E-state index in [1.165, 1.54) is 44.1 Å². The third-order valence-electron chi connectivity index (χ3n) is 16.7. The number of phenolic OH excluding ortho intramolecular Hbond substituents is 2. The second-order valence-corrected chi connectivity index (χ2v) is 24.3. The zero-order valence-electron chi connectivity index (χ0n) is 51.3. The highest BCUT2D eigenvalue weighted by atomic mass is 16.7. The lowest BCUT2D eigenvalue weighted by Gasteiger charge is -2.43. The number of amides is 7. The highest BCUT2D eigenvalue weighted by Gasteiger charge is 2.51. The average molecular weight is 1250 g/mol. The van der Waals surface area contributed by atoms with Crippen molar-refractivity contribution in [3.63, 3.8) is 0 Å². The van der Waals surface area contributed by atoms with Gasteiger partial charge in [-0.1, -0.05) is 94.4 Å². The molecule has 7 amide bonds.